The molecule has 138 valence electrons. The predicted octanol–water partition coefficient (Wildman–Crippen LogP) is 1.28. The predicted molar refractivity (Wildman–Crippen MR) is 95.1 cm³/mol. The zero-order valence-electron chi connectivity index (χ0n) is 15.1. The second-order valence-corrected chi connectivity index (χ2v) is 6.42. The van der Waals surface area contributed by atoms with Crippen molar-refractivity contribution in [3.05, 3.63) is 41.8 Å². The van der Waals surface area contributed by atoms with Crippen LogP contribution in [0.15, 0.2) is 35.0 Å². The highest BCUT2D eigenvalue weighted by molar-refractivity contribution is 5.95. The molecule has 0 saturated heterocycles. The maximum absolute atomic E-state index is 12.2. The first-order chi connectivity index (χ1) is 12.5. The lowest BCUT2D eigenvalue weighted by molar-refractivity contribution is -0.121. The summed E-state index contributed by atoms with van der Waals surface area (Å²) in [6.07, 6.45) is 1.81. The van der Waals surface area contributed by atoms with Crippen LogP contribution in [0.4, 0.5) is 5.69 Å². The topological polar surface area (TPSA) is 87.9 Å². The lowest BCUT2D eigenvalue weighted by Gasteiger charge is -2.35. The normalized spacial score (nSPS) is 15.8. The van der Waals surface area contributed by atoms with E-state index in [1.165, 1.54) is 11.1 Å². The number of nitrogens with zero attached hydrogens (tertiary/aromatic N) is 3. The minimum Gasteiger partial charge on any atom is -0.489 e. The number of rotatable bonds is 5. The van der Waals surface area contributed by atoms with Gasteiger partial charge in [-0.1, -0.05) is 5.16 Å². The van der Waals surface area contributed by atoms with Crippen LogP contribution < -0.4 is 15.0 Å². The van der Waals surface area contributed by atoms with Crippen LogP contribution in [-0.4, -0.2) is 55.7 Å². The molecule has 0 aliphatic carbocycles. The highest BCUT2D eigenvalue weighted by atomic mass is 16.5. The van der Waals surface area contributed by atoms with E-state index in [1.807, 2.05) is 11.9 Å². The van der Waals surface area contributed by atoms with E-state index in [0.29, 0.717) is 30.2 Å². The number of hydrogen-bond acceptors (Lipinski definition) is 6. The maximum Gasteiger partial charge on any atom is 0.253 e. The average Bonchev–Trinajstić information content (AvgIpc) is 3.15. The number of likely N-dealkylation sites (N-methyl/N-ethyl adjacent to an activating group) is 1. The molecular weight excluding hydrogens is 336 g/mol. The fourth-order valence-electron chi connectivity index (χ4n) is 2.80. The minimum absolute atomic E-state index is 0.0758. The van der Waals surface area contributed by atoms with Crippen LogP contribution in [0.25, 0.3) is 0 Å². The van der Waals surface area contributed by atoms with Crippen molar-refractivity contribution < 1.29 is 18.8 Å². The van der Waals surface area contributed by atoms with E-state index < -0.39 is 0 Å². The van der Waals surface area contributed by atoms with Gasteiger partial charge in [-0.3, -0.25) is 9.59 Å². The fourth-order valence-corrected chi connectivity index (χ4v) is 2.80. The third-order valence-corrected chi connectivity index (χ3v) is 4.34. The van der Waals surface area contributed by atoms with Crippen molar-refractivity contribution in [1.29, 1.82) is 0 Å². The Kier molecular flexibility index (Phi) is 5.11. The number of fused-ring (bicyclic) bond motifs is 1. The molecule has 0 spiro atoms. The van der Waals surface area contributed by atoms with Crippen LogP contribution in [0.5, 0.6) is 5.75 Å². The van der Waals surface area contributed by atoms with Crippen LogP contribution >= 0.6 is 0 Å². The third-order valence-electron chi connectivity index (χ3n) is 4.34. The van der Waals surface area contributed by atoms with E-state index in [9.17, 15) is 9.59 Å². The van der Waals surface area contributed by atoms with Crippen molar-refractivity contribution in [3.8, 4) is 5.75 Å². The molecule has 1 N–H and O–H groups in total. The molecule has 0 unspecified atom stereocenters. The van der Waals surface area contributed by atoms with Gasteiger partial charge in [0.1, 0.15) is 12.4 Å². The molecule has 0 bridgehead atoms. The van der Waals surface area contributed by atoms with Gasteiger partial charge in [0.15, 0.2) is 5.76 Å². The Labute approximate surface area is 151 Å². The van der Waals surface area contributed by atoms with Gasteiger partial charge in [-0.15, -0.1) is 0 Å². The van der Waals surface area contributed by atoms with Gasteiger partial charge in [-0.2, -0.15) is 0 Å². The maximum atomic E-state index is 12.2. The molecule has 3 rings (SSSR count). The van der Waals surface area contributed by atoms with Gasteiger partial charge in [-0.05, 0) is 18.2 Å². The highest BCUT2D eigenvalue weighted by Crippen LogP contribution is 2.34. The van der Waals surface area contributed by atoms with Gasteiger partial charge in [0, 0.05) is 32.8 Å². The highest BCUT2D eigenvalue weighted by Gasteiger charge is 2.27. The fraction of sp³-hybridized carbons (Fsp3) is 0.389. The summed E-state index contributed by atoms with van der Waals surface area (Å²) in [5.41, 5.74) is 1.39. The number of carbonyl (C=O) groups is 2. The van der Waals surface area contributed by atoms with Gasteiger partial charge in [-0.25, -0.2) is 0 Å². The number of ether oxygens (including phenoxy) is 1. The van der Waals surface area contributed by atoms with E-state index in [0.717, 1.165) is 5.69 Å². The van der Waals surface area contributed by atoms with Crippen LogP contribution in [0, 0.1) is 0 Å². The molecule has 0 saturated carbocycles. The van der Waals surface area contributed by atoms with Crippen molar-refractivity contribution in [2.24, 2.45) is 0 Å². The quantitative estimate of drug-likeness (QED) is 0.866. The lowest BCUT2D eigenvalue weighted by Crippen LogP contribution is -2.43. The summed E-state index contributed by atoms with van der Waals surface area (Å²) in [6, 6.07) is 6.93. The van der Waals surface area contributed by atoms with E-state index in [2.05, 4.69) is 10.5 Å². The summed E-state index contributed by atoms with van der Waals surface area (Å²) in [4.78, 5) is 27.9. The number of nitrogens with one attached hydrogen (secondary N) is 1. The standard InChI is InChI=1S/C18H22N4O4/c1-21(2)18(24)12-4-5-16-15(8-12)22(3)13(11-25-16)9-17(23)19-10-14-6-7-20-26-14/h4-8,13H,9-11H2,1-3H3,(H,19,23)/t13-/m0/s1. The summed E-state index contributed by atoms with van der Waals surface area (Å²) in [7, 11) is 5.33. The molecule has 2 amide bonds. The molecule has 1 aliphatic rings. The van der Waals surface area contributed by atoms with Gasteiger partial charge < -0.3 is 24.4 Å². The summed E-state index contributed by atoms with van der Waals surface area (Å²) in [6.45, 7) is 0.703. The first-order valence-corrected chi connectivity index (χ1v) is 8.33. The number of benzene rings is 1. The molecular formula is C18H22N4O4. The van der Waals surface area contributed by atoms with Crippen LogP contribution in [0.3, 0.4) is 0 Å². The molecule has 26 heavy (non-hydrogen) atoms. The minimum atomic E-state index is -0.123. The van der Waals surface area contributed by atoms with Gasteiger partial charge in [0.2, 0.25) is 5.91 Å². The number of amides is 2. The summed E-state index contributed by atoms with van der Waals surface area (Å²) >= 11 is 0. The van der Waals surface area contributed by atoms with Crippen LogP contribution in [0.1, 0.15) is 22.5 Å². The Morgan fingerprint density at radius 3 is 2.85 bits per heavy atom. The molecule has 0 fully saturated rings. The molecule has 0 radical (unpaired) electrons. The van der Waals surface area contributed by atoms with Crippen molar-refractivity contribution in [2.45, 2.75) is 19.0 Å². The molecule has 1 aromatic heterocycles. The van der Waals surface area contributed by atoms with Gasteiger partial charge in [0.05, 0.1) is 30.9 Å². The Bertz CT molecular complexity index is 788. The van der Waals surface area contributed by atoms with Gasteiger partial charge >= 0.3 is 0 Å². The summed E-state index contributed by atoms with van der Waals surface area (Å²) < 4.78 is 10.7. The van der Waals surface area contributed by atoms with Crippen LogP contribution in [0.2, 0.25) is 0 Å². The molecule has 2 heterocycles. The lowest BCUT2D eigenvalue weighted by atomic mass is 10.1. The van der Waals surface area contributed by atoms with Crippen molar-refractivity contribution in [1.82, 2.24) is 15.4 Å². The second kappa shape index (κ2) is 7.47. The van der Waals surface area contributed by atoms with Crippen molar-refractivity contribution in [3.63, 3.8) is 0 Å². The molecule has 1 atom stereocenters. The average molecular weight is 358 g/mol. The molecule has 2 aromatic rings. The molecule has 1 aromatic carbocycles. The smallest absolute Gasteiger partial charge is 0.253 e. The largest absolute Gasteiger partial charge is 0.489 e. The van der Waals surface area contributed by atoms with E-state index in [1.54, 1.807) is 38.4 Å². The van der Waals surface area contributed by atoms with E-state index in [-0.39, 0.29) is 24.3 Å². The number of hydrogen-bond donors (Lipinski definition) is 1. The number of carbonyl (C=O) groups excluding carboxylic acids is 2. The van der Waals surface area contributed by atoms with Crippen LogP contribution in [-0.2, 0) is 11.3 Å². The Morgan fingerprint density at radius 2 is 2.15 bits per heavy atom. The monoisotopic (exact) mass is 358 g/mol. The Balaban J connectivity index is 1.66. The molecule has 8 nitrogen and oxygen atoms in total. The van der Waals surface area contributed by atoms with Crippen molar-refractivity contribution >= 4 is 17.5 Å². The number of anilines is 1. The SMILES string of the molecule is CN(C)C(=O)c1ccc2c(c1)N(C)[C@@H](CC(=O)NCc1ccno1)CO2. The van der Waals surface area contributed by atoms with E-state index in [4.69, 9.17) is 9.26 Å². The first-order valence-electron chi connectivity index (χ1n) is 8.33. The Morgan fingerprint density at radius 1 is 1.35 bits per heavy atom. The zero-order chi connectivity index (χ0) is 18.7. The first kappa shape index (κ1) is 17.8. The zero-order valence-corrected chi connectivity index (χ0v) is 15.1. The summed E-state index contributed by atoms with van der Waals surface area (Å²) in [5.74, 6) is 1.13. The summed E-state index contributed by atoms with van der Waals surface area (Å²) in [5, 5.41) is 6.41. The molecule has 8 heteroatoms. The van der Waals surface area contributed by atoms with E-state index >= 15 is 0 Å². The second-order valence-electron chi connectivity index (χ2n) is 6.42. The van der Waals surface area contributed by atoms with Gasteiger partial charge in [0.25, 0.3) is 5.91 Å². The van der Waals surface area contributed by atoms with Crippen molar-refractivity contribution in [2.75, 3.05) is 32.6 Å². The number of aromatic nitrogens is 1. The third kappa shape index (κ3) is 3.79. The molecule has 1 aliphatic heterocycles. The Hall–Kier alpha value is -3.03.